The zero-order valence-corrected chi connectivity index (χ0v) is 14.9. The Kier molecular flexibility index (Phi) is 5.84. The third-order valence-electron chi connectivity index (χ3n) is 4.48. The van der Waals surface area contributed by atoms with E-state index in [1.807, 2.05) is 36.4 Å². The molecule has 0 radical (unpaired) electrons. The minimum Gasteiger partial charge on any atom is -0.340 e. The predicted octanol–water partition coefficient (Wildman–Crippen LogP) is 4.30. The van der Waals surface area contributed by atoms with Gasteiger partial charge in [0.2, 0.25) is 11.8 Å². The summed E-state index contributed by atoms with van der Waals surface area (Å²) in [5.41, 5.74) is 2.33. The summed E-state index contributed by atoms with van der Waals surface area (Å²) in [6.07, 6.45) is 7.13. The third-order valence-corrected chi connectivity index (χ3v) is 4.48. The highest BCUT2D eigenvalue weighted by atomic mass is 16.2. The molecule has 1 saturated carbocycles. The lowest BCUT2D eigenvalue weighted by Crippen LogP contribution is -2.24. The van der Waals surface area contributed by atoms with Crippen LogP contribution in [0.1, 0.15) is 39.0 Å². The molecule has 0 unspecified atom stereocenters. The largest absolute Gasteiger partial charge is 0.340 e. The van der Waals surface area contributed by atoms with Gasteiger partial charge < -0.3 is 16.0 Å². The first-order valence-electron chi connectivity index (χ1n) is 9.02. The molecule has 1 aliphatic carbocycles. The standard InChI is InChI=1S/C20H24N4O2/c1-14(25)22-16-7-9-17(10-8-16)23-19-12-11-18(13-21-19)24-20(26)15-5-3-2-4-6-15/h7-13,15H,2-6H2,1H3,(H,21,23)(H,22,25)(H,24,26). The van der Waals surface area contributed by atoms with E-state index < -0.39 is 0 Å². The van der Waals surface area contributed by atoms with Gasteiger partial charge in [-0.25, -0.2) is 4.98 Å². The van der Waals surface area contributed by atoms with Gasteiger partial charge in [-0.2, -0.15) is 0 Å². The Morgan fingerprint density at radius 1 is 0.885 bits per heavy atom. The number of nitrogens with zero attached hydrogens (tertiary/aromatic N) is 1. The van der Waals surface area contributed by atoms with Crippen molar-refractivity contribution in [2.45, 2.75) is 39.0 Å². The van der Waals surface area contributed by atoms with Crippen LogP contribution in [0.15, 0.2) is 42.6 Å². The first-order valence-corrected chi connectivity index (χ1v) is 9.02. The Hall–Kier alpha value is -2.89. The molecule has 0 aliphatic heterocycles. The summed E-state index contributed by atoms with van der Waals surface area (Å²) in [5.74, 6) is 0.815. The maximum atomic E-state index is 12.3. The molecule has 3 N–H and O–H groups in total. The van der Waals surface area contributed by atoms with Crippen molar-refractivity contribution in [1.82, 2.24) is 4.98 Å². The minimum absolute atomic E-state index is 0.0979. The number of pyridine rings is 1. The van der Waals surface area contributed by atoms with Crippen LogP contribution in [0.3, 0.4) is 0 Å². The van der Waals surface area contributed by atoms with Crippen LogP contribution in [0.25, 0.3) is 0 Å². The summed E-state index contributed by atoms with van der Waals surface area (Å²) in [6, 6.07) is 11.1. The minimum atomic E-state index is -0.0989. The van der Waals surface area contributed by atoms with E-state index in [2.05, 4.69) is 20.9 Å². The summed E-state index contributed by atoms with van der Waals surface area (Å²) >= 11 is 0. The Balaban J connectivity index is 1.55. The van der Waals surface area contributed by atoms with Gasteiger partial charge in [-0.3, -0.25) is 9.59 Å². The molecule has 136 valence electrons. The Morgan fingerprint density at radius 3 is 2.15 bits per heavy atom. The normalized spacial score (nSPS) is 14.5. The van der Waals surface area contributed by atoms with Crippen LogP contribution in [0, 0.1) is 5.92 Å². The molecule has 0 saturated heterocycles. The maximum absolute atomic E-state index is 12.3. The van der Waals surface area contributed by atoms with E-state index in [9.17, 15) is 9.59 Å². The molecular formula is C20H24N4O2. The van der Waals surface area contributed by atoms with Gasteiger partial charge in [-0.05, 0) is 49.2 Å². The van der Waals surface area contributed by atoms with E-state index in [0.29, 0.717) is 11.5 Å². The number of hydrogen-bond acceptors (Lipinski definition) is 4. The smallest absolute Gasteiger partial charge is 0.227 e. The number of rotatable bonds is 5. The fourth-order valence-corrected chi connectivity index (χ4v) is 3.14. The van der Waals surface area contributed by atoms with Gasteiger partial charge in [0.05, 0.1) is 11.9 Å². The van der Waals surface area contributed by atoms with Crippen molar-refractivity contribution in [3.05, 3.63) is 42.6 Å². The van der Waals surface area contributed by atoms with Gasteiger partial charge in [0, 0.05) is 24.2 Å². The predicted molar refractivity (Wildman–Crippen MR) is 103 cm³/mol. The fraction of sp³-hybridized carbons (Fsp3) is 0.350. The van der Waals surface area contributed by atoms with Crippen LogP contribution in [-0.4, -0.2) is 16.8 Å². The average molecular weight is 352 g/mol. The van der Waals surface area contributed by atoms with Crippen molar-refractivity contribution < 1.29 is 9.59 Å². The van der Waals surface area contributed by atoms with Crippen molar-refractivity contribution in [3.8, 4) is 0 Å². The molecule has 1 aromatic heterocycles. The van der Waals surface area contributed by atoms with E-state index in [0.717, 1.165) is 37.1 Å². The number of anilines is 4. The highest BCUT2D eigenvalue weighted by Crippen LogP contribution is 2.25. The van der Waals surface area contributed by atoms with Crippen molar-refractivity contribution in [3.63, 3.8) is 0 Å². The number of aromatic nitrogens is 1. The lowest BCUT2D eigenvalue weighted by molar-refractivity contribution is -0.120. The maximum Gasteiger partial charge on any atom is 0.227 e. The summed E-state index contributed by atoms with van der Waals surface area (Å²) in [4.78, 5) is 27.6. The van der Waals surface area contributed by atoms with Gasteiger partial charge in [-0.1, -0.05) is 19.3 Å². The van der Waals surface area contributed by atoms with Crippen LogP contribution < -0.4 is 16.0 Å². The zero-order valence-electron chi connectivity index (χ0n) is 14.9. The van der Waals surface area contributed by atoms with Gasteiger partial charge in [0.15, 0.2) is 0 Å². The second kappa shape index (κ2) is 8.47. The summed E-state index contributed by atoms with van der Waals surface area (Å²) in [7, 11) is 0. The summed E-state index contributed by atoms with van der Waals surface area (Å²) in [5, 5.41) is 8.88. The second-order valence-corrected chi connectivity index (χ2v) is 6.64. The fourth-order valence-electron chi connectivity index (χ4n) is 3.14. The monoisotopic (exact) mass is 352 g/mol. The van der Waals surface area contributed by atoms with E-state index in [-0.39, 0.29) is 17.7 Å². The Labute approximate surface area is 153 Å². The number of amides is 2. The molecule has 0 bridgehead atoms. The van der Waals surface area contributed by atoms with Crippen LogP contribution in [0.2, 0.25) is 0 Å². The Bertz CT molecular complexity index is 750. The van der Waals surface area contributed by atoms with Crippen LogP contribution >= 0.6 is 0 Å². The van der Waals surface area contributed by atoms with E-state index >= 15 is 0 Å². The molecule has 1 fully saturated rings. The molecule has 1 heterocycles. The number of hydrogen-bond donors (Lipinski definition) is 3. The van der Waals surface area contributed by atoms with E-state index in [1.165, 1.54) is 13.3 Å². The van der Waals surface area contributed by atoms with Crippen LogP contribution in [0.5, 0.6) is 0 Å². The summed E-state index contributed by atoms with van der Waals surface area (Å²) in [6.45, 7) is 1.48. The van der Waals surface area contributed by atoms with Gasteiger partial charge in [0.25, 0.3) is 0 Å². The quantitative estimate of drug-likeness (QED) is 0.749. The molecule has 1 aliphatic rings. The molecule has 0 spiro atoms. The SMILES string of the molecule is CC(=O)Nc1ccc(Nc2ccc(NC(=O)C3CCCCC3)cn2)cc1. The molecular weight excluding hydrogens is 328 g/mol. The molecule has 1 aromatic carbocycles. The zero-order chi connectivity index (χ0) is 18.4. The third kappa shape index (κ3) is 5.05. The van der Waals surface area contributed by atoms with Crippen LogP contribution in [0.4, 0.5) is 22.9 Å². The Morgan fingerprint density at radius 2 is 1.54 bits per heavy atom. The lowest BCUT2D eigenvalue weighted by atomic mass is 9.88. The number of benzene rings is 1. The van der Waals surface area contributed by atoms with Crippen molar-refractivity contribution in [2.75, 3.05) is 16.0 Å². The summed E-state index contributed by atoms with van der Waals surface area (Å²) < 4.78 is 0. The highest BCUT2D eigenvalue weighted by molar-refractivity contribution is 5.92. The number of nitrogens with one attached hydrogen (secondary N) is 3. The van der Waals surface area contributed by atoms with Gasteiger partial charge in [0.1, 0.15) is 5.82 Å². The number of carbonyl (C=O) groups excluding carboxylic acids is 2. The van der Waals surface area contributed by atoms with E-state index in [1.54, 1.807) is 6.20 Å². The van der Waals surface area contributed by atoms with E-state index in [4.69, 9.17) is 0 Å². The van der Waals surface area contributed by atoms with Gasteiger partial charge >= 0.3 is 0 Å². The average Bonchev–Trinajstić information content (AvgIpc) is 2.65. The van der Waals surface area contributed by atoms with Crippen LogP contribution in [-0.2, 0) is 9.59 Å². The number of carbonyl (C=O) groups is 2. The first-order chi connectivity index (χ1) is 12.6. The second-order valence-electron chi connectivity index (χ2n) is 6.64. The molecule has 26 heavy (non-hydrogen) atoms. The topological polar surface area (TPSA) is 83.1 Å². The molecule has 0 atom stereocenters. The molecule has 3 rings (SSSR count). The van der Waals surface area contributed by atoms with Gasteiger partial charge in [-0.15, -0.1) is 0 Å². The molecule has 2 aromatic rings. The molecule has 6 nitrogen and oxygen atoms in total. The van der Waals surface area contributed by atoms with Crippen molar-refractivity contribution in [1.29, 1.82) is 0 Å². The van der Waals surface area contributed by atoms with Crippen molar-refractivity contribution >= 4 is 34.7 Å². The first kappa shape index (κ1) is 17.9. The van der Waals surface area contributed by atoms with Crippen molar-refractivity contribution in [2.24, 2.45) is 5.92 Å². The highest BCUT2D eigenvalue weighted by Gasteiger charge is 2.21. The lowest BCUT2D eigenvalue weighted by Gasteiger charge is -2.20. The molecule has 6 heteroatoms. The molecule has 2 amide bonds.